The normalized spacial score (nSPS) is 25.8. The third kappa shape index (κ3) is 1.99. The molecule has 2 heterocycles. The van der Waals surface area contributed by atoms with Gasteiger partial charge in [-0.25, -0.2) is 0 Å². The van der Waals surface area contributed by atoms with Crippen molar-refractivity contribution in [3.05, 3.63) is 17.9 Å². The summed E-state index contributed by atoms with van der Waals surface area (Å²) in [5.74, 6) is 1.97. The van der Waals surface area contributed by atoms with Gasteiger partial charge in [0.1, 0.15) is 0 Å². The standard InChI is InChI=1S/C13H19NO2/c1-9-5-4-8-14(10(9)2)13-7-6-12(16-13)11(3)15/h6-7,9-10H,4-5,8H2,1-3H3. The van der Waals surface area contributed by atoms with E-state index < -0.39 is 0 Å². The quantitative estimate of drug-likeness (QED) is 0.719. The van der Waals surface area contributed by atoms with Crippen molar-refractivity contribution in [2.45, 2.75) is 39.7 Å². The minimum atomic E-state index is -0.0102. The summed E-state index contributed by atoms with van der Waals surface area (Å²) in [6.45, 7) is 7.05. The van der Waals surface area contributed by atoms with E-state index >= 15 is 0 Å². The van der Waals surface area contributed by atoms with Gasteiger partial charge in [-0.2, -0.15) is 0 Å². The van der Waals surface area contributed by atoms with Crippen LogP contribution in [0.5, 0.6) is 0 Å². The van der Waals surface area contributed by atoms with Crippen molar-refractivity contribution in [1.29, 1.82) is 0 Å². The van der Waals surface area contributed by atoms with Gasteiger partial charge in [-0.1, -0.05) is 6.92 Å². The fourth-order valence-electron chi connectivity index (χ4n) is 2.32. The highest BCUT2D eigenvalue weighted by Crippen LogP contribution is 2.29. The molecule has 88 valence electrons. The Morgan fingerprint density at radius 3 is 2.81 bits per heavy atom. The Bertz CT molecular complexity index is 383. The minimum absolute atomic E-state index is 0.0102. The first-order valence-corrected chi connectivity index (χ1v) is 5.97. The van der Waals surface area contributed by atoms with Gasteiger partial charge in [0.15, 0.2) is 17.4 Å². The van der Waals surface area contributed by atoms with Gasteiger partial charge in [-0.15, -0.1) is 0 Å². The van der Waals surface area contributed by atoms with E-state index in [0.29, 0.717) is 17.7 Å². The van der Waals surface area contributed by atoms with Crippen LogP contribution in [0.1, 0.15) is 44.2 Å². The number of carbonyl (C=O) groups excluding carboxylic acids is 1. The topological polar surface area (TPSA) is 33.5 Å². The number of Topliss-reactive ketones (excluding diaryl/α,β-unsaturated/α-hetero) is 1. The molecule has 0 saturated carbocycles. The molecule has 2 atom stereocenters. The van der Waals surface area contributed by atoms with Crippen molar-refractivity contribution in [3.63, 3.8) is 0 Å². The number of ketones is 1. The number of rotatable bonds is 2. The Labute approximate surface area is 96.4 Å². The van der Waals surface area contributed by atoms with Crippen LogP contribution in [-0.4, -0.2) is 18.4 Å². The molecular formula is C13H19NO2. The van der Waals surface area contributed by atoms with Gasteiger partial charge in [0, 0.05) is 25.6 Å². The summed E-state index contributed by atoms with van der Waals surface area (Å²) in [7, 11) is 0. The van der Waals surface area contributed by atoms with Gasteiger partial charge in [-0.05, 0) is 31.7 Å². The number of hydrogen-bond acceptors (Lipinski definition) is 3. The smallest absolute Gasteiger partial charge is 0.196 e. The molecule has 1 aliphatic rings. The van der Waals surface area contributed by atoms with Crippen molar-refractivity contribution in [2.24, 2.45) is 5.92 Å². The molecule has 16 heavy (non-hydrogen) atoms. The lowest BCUT2D eigenvalue weighted by Crippen LogP contribution is -2.42. The molecule has 1 fully saturated rings. The molecule has 1 aromatic heterocycles. The maximum absolute atomic E-state index is 11.2. The SMILES string of the molecule is CC(=O)c1ccc(N2CCCC(C)C2C)o1. The summed E-state index contributed by atoms with van der Waals surface area (Å²) in [5, 5.41) is 0. The second-order valence-electron chi connectivity index (χ2n) is 4.75. The van der Waals surface area contributed by atoms with Crippen LogP contribution in [0.2, 0.25) is 0 Å². The molecular weight excluding hydrogens is 202 g/mol. The monoisotopic (exact) mass is 221 g/mol. The van der Waals surface area contributed by atoms with Gasteiger partial charge in [0.25, 0.3) is 0 Å². The summed E-state index contributed by atoms with van der Waals surface area (Å²) in [4.78, 5) is 13.4. The molecule has 0 radical (unpaired) electrons. The molecule has 3 heteroatoms. The van der Waals surface area contributed by atoms with Crippen molar-refractivity contribution >= 4 is 11.7 Å². The average molecular weight is 221 g/mol. The number of carbonyl (C=O) groups is 1. The van der Waals surface area contributed by atoms with Gasteiger partial charge in [0.05, 0.1) is 0 Å². The molecule has 0 N–H and O–H groups in total. The van der Waals surface area contributed by atoms with E-state index in [2.05, 4.69) is 18.7 Å². The van der Waals surface area contributed by atoms with Crippen LogP contribution in [0.4, 0.5) is 5.88 Å². The molecule has 3 nitrogen and oxygen atoms in total. The van der Waals surface area contributed by atoms with Crippen molar-refractivity contribution in [1.82, 2.24) is 0 Å². The van der Waals surface area contributed by atoms with E-state index in [-0.39, 0.29) is 5.78 Å². The summed E-state index contributed by atoms with van der Waals surface area (Å²) in [5.41, 5.74) is 0. The number of piperidine rings is 1. The van der Waals surface area contributed by atoms with Crippen molar-refractivity contribution in [2.75, 3.05) is 11.4 Å². The van der Waals surface area contributed by atoms with Crippen molar-refractivity contribution in [3.8, 4) is 0 Å². The van der Waals surface area contributed by atoms with Crippen LogP contribution in [0.3, 0.4) is 0 Å². The van der Waals surface area contributed by atoms with E-state index in [1.807, 2.05) is 6.07 Å². The first-order chi connectivity index (χ1) is 7.59. The van der Waals surface area contributed by atoms with E-state index in [0.717, 1.165) is 12.4 Å². The first-order valence-electron chi connectivity index (χ1n) is 5.97. The zero-order chi connectivity index (χ0) is 11.7. The lowest BCUT2D eigenvalue weighted by molar-refractivity contribution is 0.0987. The third-order valence-electron chi connectivity index (χ3n) is 3.60. The van der Waals surface area contributed by atoms with Gasteiger partial charge in [0.2, 0.25) is 0 Å². The lowest BCUT2D eigenvalue weighted by atomic mass is 9.92. The highest BCUT2D eigenvalue weighted by Gasteiger charge is 2.26. The maximum Gasteiger partial charge on any atom is 0.196 e. The predicted molar refractivity (Wildman–Crippen MR) is 63.9 cm³/mol. The second-order valence-corrected chi connectivity index (χ2v) is 4.75. The second kappa shape index (κ2) is 4.32. The predicted octanol–water partition coefficient (Wildman–Crippen LogP) is 3.11. The molecule has 2 rings (SSSR count). The number of furan rings is 1. The minimum Gasteiger partial charge on any atom is -0.437 e. The summed E-state index contributed by atoms with van der Waals surface area (Å²) >= 11 is 0. The van der Waals surface area contributed by atoms with Crippen LogP contribution in [0.25, 0.3) is 0 Å². The summed E-state index contributed by atoms with van der Waals surface area (Å²) in [6.07, 6.45) is 2.47. The van der Waals surface area contributed by atoms with E-state index in [1.165, 1.54) is 19.8 Å². The molecule has 1 aliphatic heterocycles. The molecule has 0 bridgehead atoms. The van der Waals surface area contributed by atoms with Crippen molar-refractivity contribution < 1.29 is 9.21 Å². The maximum atomic E-state index is 11.2. The molecule has 0 aliphatic carbocycles. The zero-order valence-electron chi connectivity index (χ0n) is 10.2. The largest absolute Gasteiger partial charge is 0.437 e. The molecule has 2 unspecified atom stereocenters. The Morgan fingerprint density at radius 2 is 2.19 bits per heavy atom. The van der Waals surface area contributed by atoms with Crippen LogP contribution in [-0.2, 0) is 0 Å². The van der Waals surface area contributed by atoms with E-state index in [9.17, 15) is 4.79 Å². The zero-order valence-corrected chi connectivity index (χ0v) is 10.2. The molecule has 0 aromatic carbocycles. The highest BCUT2D eigenvalue weighted by atomic mass is 16.4. The summed E-state index contributed by atoms with van der Waals surface area (Å²) in [6, 6.07) is 4.16. The fraction of sp³-hybridized carbons (Fsp3) is 0.615. The Balaban J connectivity index is 2.19. The van der Waals surface area contributed by atoms with Crippen LogP contribution in [0, 0.1) is 5.92 Å². The fourth-order valence-corrected chi connectivity index (χ4v) is 2.32. The Hall–Kier alpha value is -1.25. The molecule has 1 aromatic rings. The molecule has 0 amide bonds. The third-order valence-corrected chi connectivity index (χ3v) is 3.60. The van der Waals surface area contributed by atoms with Crippen LogP contribution in [0.15, 0.2) is 16.5 Å². The van der Waals surface area contributed by atoms with Gasteiger partial charge < -0.3 is 9.32 Å². The van der Waals surface area contributed by atoms with Gasteiger partial charge in [-0.3, -0.25) is 4.79 Å². The average Bonchev–Trinajstić information content (AvgIpc) is 2.71. The lowest BCUT2D eigenvalue weighted by Gasteiger charge is -2.37. The molecule has 0 spiro atoms. The van der Waals surface area contributed by atoms with Crippen LogP contribution >= 0.6 is 0 Å². The number of hydrogen-bond donors (Lipinski definition) is 0. The summed E-state index contributed by atoms with van der Waals surface area (Å²) < 4.78 is 5.58. The van der Waals surface area contributed by atoms with Gasteiger partial charge >= 0.3 is 0 Å². The number of anilines is 1. The molecule has 1 saturated heterocycles. The van der Waals surface area contributed by atoms with E-state index in [1.54, 1.807) is 6.07 Å². The Morgan fingerprint density at radius 1 is 1.44 bits per heavy atom. The first kappa shape index (κ1) is 11.2. The van der Waals surface area contributed by atoms with E-state index in [4.69, 9.17) is 4.42 Å². The Kier molecular flexibility index (Phi) is 3.03. The highest BCUT2D eigenvalue weighted by molar-refractivity contribution is 5.91. The number of nitrogens with zero attached hydrogens (tertiary/aromatic N) is 1. The van der Waals surface area contributed by atoms with Crippen LogP contribution < -0.4 is 4.90 Å².